The predicted molar refractivity (Wildman–Crippen MR) is 79.7 cm³/mol. The van der Waals surface area contributed by atoms with Crippen LogP contribution in [0.1, 0.15) is 26.2 Å². The Labute approximate surface area is 125 Å². The van der Waals surface area contributed by atoms with Gasteiger partial charge in [0.15, 0.2) is 0 Å². The molecule has 1 aromatic carbocycles. The summed E-state index contributed by atoms with van der Waals surface area (Å²) < 4.78 is 0.352. The minimum absolute atomic E-state index is 0.0211. The molecule has 20 heavy (non-hydrogen) atoms. The number of nitro benzene ring substituents is 1. The Bertz CT molecular complexity index is 542. The lowest BCUT2D eigenvalue weighted by Gasteiger charge is -2.26. The third kappa shape index (κ3) is 2.83. The van der Waals surface area contributed by atoms with E-state index in [0.717, 1.165) is 19.4 Å². The third-order valence-electron chi connectivity index (χ3n) is 3.68. The minimum Gasteiger partial charge on any atom is -0.324 e. The fourth-order valence-corrected chi connectivity index (χ4v) is 2.97. The van der Waals surface area contributed by atoms with Crippen molar-refractivity contribution in [1.82, 2.24) is 5.32 Å². The number of nitrogens with one attached hydrogen (secondary N) is 2. The van der Waals surface area contributed by atoms with Crippen molar-refractivity contribution in [2.24, 2.45) is 0 Å². The molecule has 0 saturated carbocycles. The van der Waals surface area contributed by atoms with Crippen molar-refractivity contribution in [3.63, 3.8) is 0 Å². The molecule has 0 aliphatic carbocycles. The SMILES string of the molecule is CCC1(C(=O)Nc2ccc([N+](=O)[O-])c(Br)c2)CCCN1. The second kappa shape index (κ2) is 5.88. The lowest BCUT2D eigenvalue weighted by atomic mass is 9.93. The molecular weight excluding hydrogens is 326 g/mol. The summed E-state index contributed by atoms with van der Waals surface area (Å²) in [4.78, 5) is 22.6. The Morgan fingerprint density at radius 3 is 2.85 bits per heavy atom. The van der Waals surface area contributed by atoms with E-state index in [2.05, 4.69) is 26.6 Å². The highest BCUT2D eigenvalue weighted by Crippen LogP contribution is 2.29. The van der Waals surface area contributed by atoms with Crippen LogP contribution in [0.2, 0.25) is 0 Å². The van der Waals surface area contributed by atoms with Gasteiger partial charge in [-0.25, -0.2) is 0 Å². The summed E-state index contributed by atoms with van der Waals surface area (Å²) >= 11 is 3.14. The molecule has 2 rings (SSSR count). The number of amides is 1. The maximum Gasteiger partial charge on any atom is 0.283 e. The van der Waals surface area contributed by atoms with E-state index in [1.165, 1.54) is 6.07 Å². The number of halogens is 1. The lowest BCUT2D eigenvalue weighted by molar-refractivity contribution is -0.385. The molecule has 1 atom stereocenters. The average molecular weight is 342 g/mol. The topological polar surface area (TPSA) is 84.3 Å². The van der Waals surface area contributed by atoms with Crippen LogP contribution >= 0.6 is 15.9 Å². The highest BCUT2D eigenvalue weighted by atomic mass is 79.9. The van der Waals surface area contributed by atoms with Gasteiger partial charge in [0.1, 0.15) is 0 Å². The average Bonchev–Trinajstić information content (AvgIpc) is 2.88. The van der Waals surface area contributed by atoms with Crippen LogP contribution in [0.25, 0.3) is 0 Å². The van der Waals surface area contributed by atoms with Crippen molar-refractivity contribution < 1.29 is 9.72 Å². The Hall–Kier alpha value is -1.47. The van der Waals surface area contributed by atoms with Gasteiger partial charge in [0.25, 0.3) is 5.69 Å². The van der Waals surface area contributed by atoms with E-state index in [0.29, 0.717) is 16.6 Å². The van der Waals surface area contributed by atoms with Crippen molar-refractivity contribution in [3.8, 4) is 0 Å². The zero-order chi connectivity index (χ0) is 14.8. The van der Waals surface area contributed by atoms with Gasteiger partial charge >= 0.3 is 0 Å². The van der Waals surface area contributed by atoms with Crippen LogP contribution in [-0.2, 0) is 4.79 Å². The van der Waals surface area contributed by atoms with E-state index < -0.39 is 10.5 Å². The summed E-state index contributed by atoms with van der Waals surface area (Å²) in [5.41, 5.74) is 0.00929. The van der Waals surface area contributed by atoms with E-state index in [-0.39, 0.29) is 11.6 Å². The maximum atomic E-state index is 12.4. The van der Waals surface area contributed by atoms with Gasteiger partial charge in [-0.05, 0) is 53.9 Å². The van der Waals surface area contributed by atoms with Gasteiger partial charge in [-0.2, -0.15) is 0 Å². The van der Waals surface area contributed by atoms with Crippen LogP contribution in [-0.4, -0.2) is 22.9 Å². The summed E-state index contributed by atoms with van der Waals surface area (Å²) in [6, 6.07) is 4.47. The highest BCUT2D eigenvalue weighted by molar-refractivity contribution is 9.10. The van der Waals surface area contributed by atoms with Crippen molar-refractivity contribution >= 4 is 33.2 Å². The molecule has 1 aromatic rings. The number of hydrogen-bond donors (Lipinski definition) is 2. The van der Waals surface area contributed by atoms with Gasteiger partial charge < -0.3 is 10.6 Å². The first kappa shape index (κ1) is 14.9. The van der Waals surface area contributed by atoms with Crippen LogP contribution in [0.4, 0.5) is 11.4 Å². The van der Waals surface area contributed by atoms with Crippen LogP contribution in [0.3, 0.4) is 0 Å². The fourth-order valence-electron chi connectivity index (χ4n) is 2.45. The monoisotopic (exact) mass is 341 g/mol. The van der Waals surface area contributed by atoms with Crippen molar-refractivity contribution in [2.75, 3.05) is 11.9 Å². The van der Waals surface area contributed by atoms with E-state index >= 15 is 0 Å². The van der Waals surface area contributed by atoms with Gasteiger partial charge in [0.05, 0.1) is 14.9 Å². The quantitative estimate of drug-likeness (QED) is 0.651. The van der Waals surface area contributed by atoms with Crippen LogP contribution in [0.15, 0.2) is 22.7 Å². The standard InChI is InChI=1S/C13H16BrN3O3/c1-2-13(6-3-7-15-13)12(18)16-9-4-5-11(17(19)20)10(14)8-9/h4-5,8,15H,2-3,6-7H2,1H3,(H,16,18). The third-order valence-corrected chi connectivity index (χ3v) is 4.32. The molecule has 1 fully saturated rings. The summed E-state index contributed by atoms with van der Waals surface area (Å²) in [7, 11) is 0. The molecule has 0 radical (unpaired) electrons. The summed E-state index contributed by atoms with van der Waals surface area (Å²) in [6.45, 7) is 2.81. The molecule has 0 spiro atoms. The number of nitrogens with zero attached hydrogens (tertiary/aromatic N) is 1. The number of hydrogen-bond acceptors (Lipinski definition) is 4. The zero-order valence-electron chi connectivity index (χ0n) is 11.1. The normalized spacial score (nSPS) is 21.7. The van der Waals surface area contributed by atoms with Crippen LogP contribution in [0, 0.1) is 10.1 Å². The molecule has 0 aromatic heterocycles. The molecule has 2 N–H and O–H groups in total. The molecular formula is C13H16BrN3O3. The van der Waals surface area contributed by atoms with E-state index in [1.807, 2.05) is 6.92 Å². The lowest BCUT2D eigenvalue weighted by Crippen LogP contribution is -2.50. The first-order valence-electron chi connectivity index (χ1n) is 6.49. The Morgan fingerprint density at radius 1 is 1.60 bits per heavy atom. The Morgan fingerprint density at radius 2 is 2.35 bits per heavy atom. The van der Waals surface area contributed by atoms with Gasteiger partial charge in [-0.3, -0.25) is 14.9 Å². The second-order valence-corrected chi connectivity index (χ2v) is 5.70. The first-order chi connectivity index (χ1) is 9.48. The number of anilines is 1. The first-order valence-corrected chi connectivity index (χ1v) is 7.28. The van der Waals surface area contributed by atoms with Gasteiger partial charge in [0.2, 0.25) is 5.91 Å². The molecule has 7 heteroatoms. The molecule has 1 aliphatic rings. The van der Waals surface area contributed by atoms with E-state index in [1.54, 1.807) is 12.1 Å². The minimum atomic E-state index is -0.520. The summed E-state index contributed by atoms with van der Waals surface area (Å²) in [6.07, 6.45) is 2.50. The molecule has 1 heterocycles. The van der Waals surface area contributed by atoms with Crippen molar-refractivity contribution in [1.29, 1.82) is 0 Å². The molecule has 1 aliphatic heterocycles. The number of benzene rings is 1. The highest BCUT2D eigenvalue weighted by Gasteiger charge is 2.39. The zero-order valence-corrected chi connectivity index (χ0v) is 12.7. The van der Waals surface area contributed by atoms with E-state index in [4.69, 9.17) is 0 Å². The Kier molecular flexibility index (Phi) is 4.39. The number of rotatable bonds is 4. The molecule has 1 unspecified atom stereocenters. The summed E-state index contributed by atoms with van der Waals surface area (Å²) in [5, 5.41) is 16.8. The van der Waals surface area contributed by atoms with Crippen LogP contribution in [0.5, 0.6) is 0 Å². The number of carbonyl (C=O) groups excluding carboxylic acids is 1. The number of carbonyl (C=O) groups is 1. The number of nitro groups is 1. The molecule has 108 valence electrons. The predicted octanol–water partition coefficient (Wildman–Crippen LogP) is 2.83. The molecule has 0 bridgehead atoms. The largest absolute Gasteiger partial charge is 0.324 e. The van der Waals surface area contributed by atoms with Crippen LogP contribution < -0.4 is 10.6 Å². The smallest absolute Gasteiger partial charge is 0.283 e. The van der Waals surface area contributed by atoms with E-state index in [9.17, 15) is 14.9 Å². The molecule has 6 nitrogen and oxygen atoms in total. The van der Waals surface area contributed by atoms with Crippen molar-refractivity contribution in [3.05, 3.63) is 32.8 Å². The van der Waals surface area contributed by atoms with Crippen molar-refractivity contribution in [2.45, 2.75) is 31.7 Å². The maximum absolute atomic E-state index is 12.4. The summed E-state index contributed by atoms with van der Waals surface area (Å²) in [5.74, 6) is -0.0850. The second-order valence-electron chi connectivity index (χ2n) is 4.84. The van der Waals surface area contributed by atoms with Gasteiger partial charge in [0, 0.05) is 11.8 Å². The molecule has 1 saturated heterocycles. The van der Waals surface area contributed by atoms with Gasteiger partial charge in [-0.15, -0.1) is 0 Å². The Balaban J connectivity index is 2.16. The molecule has 1 amide bonds. The fraction of sp³-hybridized carbons (Fsp3) is 0.462. The van der Waals surface area contributed by atoms with Gasteiger partial charge in [-0.1, -0.05) is 6.92 Å².